The van der Waals surface area contributed by atoms with Crippen LogP contribution in [0.3, 0.4) is 0 Å². The largest absolute Gasteiger partial charge is 0.489 e. The molecule has 33 heavy (non-hydrogen) atoms. The van der Waals surface area contributed by atoms with Gasteiger partial charge in [-0.15, -0.1) is 4.40 Å². The number of nitrogens with one attached hydrogen (secondary N) is 1. The lowest BCUT2D eigenvalue weighted by atomic mass is 10.1. The van der Waals surface area contributed by atoms with Crippen LogP contribution in [0.15, 0.2) is 76.0 Å². The topological polar surface area (TPSA) is 88.1 Å². The van der Waals surface area contributed by atoms with Crippen LogP contribution in [0.25, 0.3) is 0 Å². The number of anilines is 2. The molecule has 10 heteroatoms. The lowest BCUT2D eigenvalue weighted by Crippen LogP contribution is -2.35. The Labute approximate surface area is 194 Å². The number of amidine groups is 1. The number of carbonyl (C=O) groups excluding carboxylic acids is 1. The van der Waals surface area contributed by atoms with Crippen molar-refractivity contribution in [1.82, 2.24) is 0 Å². The third-order valence-corrected chi connectivity index (χ3v) is 7.45. The first-order valence-electron chi connectivity index (χ1n) is 10.1. The van der Waals surface area contributed by atoms with Crippen LogP contribution in [0.5, 0.6) is 5.75 Å². The van der Waals surface area contributed by atoms with Crippen molar-refractivity contribution in [1.29, 1.82) is 0 Å². The zero-order chi connectivity index (χ0) is 23.0. The quantitative estimate of drug-likeness (QED) is 0.583. The molecule has 2 aliphatic rings. The molecule has 0 fully saturated rings. The monoisotopic (exact) mass is 483 g/mol. The summed E-state index contributed by atoms with van der Waals surface area (Å²) in [6, 6.07) is 18.3. The van der Waals surface area contributed by atoms with E-state index in [4.69, 9.17) is 4.74 Å². The smallest absolute Gasteiger partial charge is 0.257 e. The molecule has 3 aromatic carbocycles. The van der Waals surface area contributed by atoms with Gasteiger partial charge in [-0.25, -0.2) is 12.8 Å². The van der Waals surface area contributed by atoms with E-state index in [0.717, 1.165) is 16.1 Å². The molecule has 0 saturated carbocycles. The van der Waals surface area contributed by atoms with Crippen LogP contribution in [-0.2, 0) is 16.6 Å². The van der Waals surface area contributed by atoms with Crippen molar-refractivity contribution < 1.29 is 22.3 Å². The normalized spacial score (nSPS) is 15.9. The van der Waals surface area contributed by atoms with Gasteiger partial charge in [0.1, 0.15) is 18.2 Å². The third kappa shape index (κ3) is 4.71. The molecule has 1 amide bonds. The highest BCUT2D eigenvalue weighted by Crippen LogP contribution is 2.42. The summed E-state index contributed by atoms with van der Waals surface area (Å²) in [7, 11) is -3.43. The van der Waals surface area contributed by atoms with Crippen molar-refractivity contribution in [3.8, 4) is 5.75 Å². The number of benzene rings is 3. The number of amides is 1. The first kappa shape index (κ1) is 21.5. The van der Waals surface area contributed by atoms with Crippen molar-refractivity contribution in [2.75, 3.05) is 22.5 Å². The molecular weight excluding hydrogens is 465 g/mol. The summed E-state index contributed by atoms with van der Waals surface area (Å²) >= 11 is 1.24. The number of hydrogen-bond acceptors (Lipinski definition) is 6. The highest BCUT2D eigenvalue weighted by Gasteiger charge is 2.33. The molecular formula is C23H18FN3O4S2. The van der Waals surface area contributed by atoms with Crippen LogP contribution >= 0.6 is 11.8 Å². The summed E-state index contributed by atoms with van der Waals surface area (Å²) in [4.78, 5) is 15.5. The maximum absolute atomic E-state index is 13.0. The number of carbonyl (C=O) groups is 1. The molecule has 1 N–H and O–H groups in total. The molecule has 0 atom stereocenters. The second-order valence-corrected chi connectivity index (χ2v) is 10.3. The first-order valence-corrected chi connectivity index (χ1v) is 12.5. The van der Waals surface area contributed by atoms with Gasteiger partial charge in [0.05, 0.1) is 11.4 Å². The van der Waals surface area contributed by atoms with Gasteiger partial charge in [-0.1, -0.05) is 18.2 Å². The van der Waals surface area contributed by atoms with Crippen molar-refractivity contribution in [2.45, 2.75) is 11.5 Å². The van der Waals surface area contributed by atoms with E-state index >= 15 is 0 Å². The highest BCUT2D eigenvalue weighted by molar-refractivity contribution is 8.15. The van der Waals surface area contributed by atoms with E-state index in [1.54, 1.807) is 54.6 Å². The molecule has 168 valence electrons. The number of fused-ring (bicyclic) bond motifs is 3. The highest BCUT2D eigenvalue weighted by atomic mass is 32.2. The van der Waals surface area contributed by atoms with E-state index in [2.05, 4.69) is 9.71 Å². The Morgan fingerprint density at radius 3 is 2.76 bits per heavy atom. The summed E-state index contributed by atoms with van der Waals surface area (Å²) in [6.07, 6.45) is 0. The maximum Gasteiger partial charge on any atom is 0.257 e. The lowest BCUT2D eigenvalue weighted by molar-refractivity contribution is 0.102. The Kier molecular flexibility index (Phi) is 5.55. The summed E-state index contributed by atoms with van der Waals surface area (Å²) in [5.74, 6) is -0.0631. The predicted octanol–water partition coefficient (Wildman–Crippen LogP) is 4.27. The summed E-state index contributed by atoms with van der Waals surface area (Å²) in [5, 5.41) is 3.27. The lowest BCUT2D eigenvalue weighted by Gasteiger charge is -2.22. The Morgan fingerprint density at radius 1 is 1.12 bits per heavy atom. The van der Waals surface area contributed by atoms with Gasteiger partial charge in [-0.3, -0.25) is 4.79 Å². The average molecular weight is 484 g/mol. The van der Waals surface area contributed by atoms with E-state index < -0.39 is 10.0 Å². The van der Waals surface area contributed by atoms with Gasteiger partial charge >= 0.3 is 0 Å². The number of rotatable bonds is 5. The summed E-state index contributed by atoms with van der Waals surface area (Å²) < 4.78 is 46.2. The minimum atomic E-state index is -3.43. The molecule has 2 aliphatic heterocycles. The van der Waals surface area contributed by atoms with Gasteiger partial charge in [-0.05, 0) is 59.8 Å². The van der Waals surface area contributed by atoms with Crippen molar-refractivity contribution >= 4 is 44.2 Å². The van der Waals surface area contributed by atoms with Crippen LogP contribution in [0.4, 0.5) is 15.8 Å². The van der Waals surface area contributed by atoms with Crippen LogP contribution in [0.1, 0.15) is 15.9 Å². The van der Waals surface area contributed by atoms with Crippen LogP contribution in [0.2, 0.25) is 0 Å². The van der Waals surface area contributed by atoms with Gasteiger partial charge in [0.15, 0.2) is 5.17 Å². The average Bonchev–Trinajstić information content (AvgIpc) is 3.14. The molecule has 2 heterocycles. The molecule has 0 unspecified atom stereocenters. The molecule has 0 aromatic heterocycles. The molecule has 0 aliphatic carbocycles. The summed E-state index contributed by atoms with van der Waals surface area (Å²) in [6.45, 7) is 0.618. The second-order valence-electron chi connectivity index (χ2n) is 7.49. The molecule has 7 nitrogen and oxygen atoms in total. The number of nitrogens with zero attached hydrogens (tertiary/aromatic N) is 2. The third-order valence-electron chi connectivity index (χ3n) is 5.15. The standard InChI is InChI=1S/C23H18FN3O4S2/c24-17-7-4-15(5-8-17)14-31-19-3-1-2-18(13-19)25-22(28)16-6-9-20-21(12-16)32-23-26-33(29,30)11-10-27(20)23/h1-9,12-13H,10-11,14H2,(H,25,28). The zero-order valence-corrected chi connectivity index (χ0v) is 18.8. The predicted molar refractivity (Wildman–Crippen MR) is 126 cm³/mol. The van der Waals surface area contributed by atoms with E-state index in [-0.39, 0.29) is 24.1 Å². The first-order chi connectivity index (χ1) is 15.9. The molecule has 0 radical (unpaired) electrons. The van der Waals surface area contributed by atoms with E-state index in [1.165, 1.54) is 23.9 Å². The van der Waals surface area contributed by atoms with E-state index in [1.807, 2.05) is 4.90 Å². The Bertz CT molecular complexity index is 1370. The SMILES string of the molecule is O=C(Nc1cccc(OCc2ccc(F)cc2)c1)c1ccc2c(c1)SC1=NS(=O)(=O)CCN12. The number of sulfonamides is 1. The van der Waals surface area contributed by atoms with Crippen LogP contribution in [-0.4, -0.2) is 31.8 Å². The molecule has 0 bridgehead atoms. The minimum absolute atomic E-state index is 0.0295. The molecule has 0 saturated heterocycles. The molecule has 3 aromatic rings. The van der Waals surface area contributed by atoms with Crippen molar-refractivity contribution in [3.05, 3.63) is 83.7 Å². The van der Waals surface area contributed by atoms with Gasteiger partial charge < -0.3 is 15.0 Å². The molecule has 5 rings (SSSR count). The molecule has 0 spiro atoms. The summed E-state index contributed by atoms with van der Waals surface area (Å²) in [5.41, 5.74) is 2.69. The van der Waals surface area contributed by atoms with Crippen LogP contribution < -0.4 is 15.0 Å². The fourth-order valence-electron chi connectivity index (χ4n) is 3.49. The fraction of sp³-hybridized carbons (Fsp3) is 0.130. The fourth-order valence-corrected chi connectivity index (χ4v) is 5.78. The minimum Gasteiger partial charge on any atom is -0.489 e. The number of hydrogen-bond donors (Lipinski definition) is 1. The number of halogens is 1. The van der Waals surface area contributed by atoms with E-state index in [9.17, 15) is 17.6 Å². The van der Waals surface area contributed by atoms with Crippen molar-refractivity contribution in [3.63, 3.8) is 0 Å². The Hall–Kier alpha value is -3.37. The van der Waals surface area contributed by atoms with Gasteiger partial charge in [0, 0.05) is 28.8 Å². The number of ether oxygens (including phenoxy) is 1. The Morgan fingerprint density at radius 2 is 1.94 bits per heavy atom. The van der Waals surface area contributed by atoms with Crippen molar-refractivity contribution in [2.24, 2.45) is 4.40 Å². The van der Waals surface area contributed by atoms with E-state index in [0.29, 0.717) is 28.7 Å². The van der Waals surface area contributed by atoms with Gasteiger partial charge in [0.2, 0.25) is 0 Å². The van der Waals surface area contributed by atoms with Gasteiger partial charge in [-0.2, -0.15) is 0 Å². The Balaban J connectivity index is 1.27. The van der Waals surface area contributed by atoms with Gasteiger partial charge in [0.25, 0.3) is 15.9 Å². The number of thioether (sulfide) groups is 1. The second kappa shape index (κ2) is 8.53. The maximum atomic E-state index is 13.0. The van der Waals surface area contributed by atoms with Crippen LogP contribution in [0, 0.1) is 5.82 Å². The zero-order valence-electron chi connectivity index (χ0n) is 17.2.